The molecule has 0 saturated heterocycles. The molecule has 0 radical (unpaired) electrons. The number of aryl methyl sites for hydroxylation is 1. The Labute approximate surface area is 185 Å². The zero-order valence-electron chi connectivity index (χ0n) is 17.7. The van der Waals surface area contributed by atoms with Crippen LogP contribution in [0.25, 0.3) is 0 Å². The van der Waals surface area contributed by atoms with Crippen molar-refractivity contribution in [2.45, 2.75) is 36.7 Å². The molecule has 0 aliphatic carbocycles. The van der Waals surface area contributed by atoms with Gasteiger partial charge in [-0.3, -0.25) is 4.79 Å². The van der Waals surface area contributed by atoms with E-state index in [0.717, 1.165) is 23.6 Å². The number of nitrogens with zero attached hydrogens (tertiary/aromatic N) is 3. The monoisotopic (exact) mass is 439 g/mol. The number of hydrogen-bond acceptors (Lipinski definition) is 7. The third-order valence-electron chi connectivity index (χ3n) is 4.99. The van der Waals surface area contributed by atoms with Gasteiger partial charge in [0.15, 0.2) is 5.82 Å². The number of fused-ring (bicyclic) bond motifs is 1. The van der Waals surface area contributed by atoms with Crippen molar-refractivity contribution in [2.24, 2.45) is 0 Å². The molecule has 0 fully saturated rings. The van der Waals surface area contributed by atoms with Crippen LogP contribution in [0.1, 0.15) is 31.3 Å². The van der Waals surface area contributed by atoms with Crippen LogP contribution in [-0.4, -0.2) is 39.7 Å². The lowest BCUT2D eigenvalue weighted by atomic mass is 10.0. The summed E-state index contributed by atoms with van der Waals surface area (Å²) in [7, 11) is 1.58. The summed E-state index contributed by atoms with van der Waals surface area (Å²) in [4.78, 5) is 13.4. The summed E-state index contributed by atoms with van der Waals surface area (Å²) in [5.74, 6) is 2.08. The lowest BCUT2D eigenvalue weighted by molar-refractivity contribution is -0.116. The summed E-state index contributed by atoms with van der Waals surface area (Å²) < 4.78 is 12.8. The van der Waals surface area contributed by atoms with Gasteiger partial charge < -0.3 is 20.2 Å². The first-order valence-electron chi connectivity index (χ1n) is 10.2. The van der Waals surface area contributed by atoms with Crippen molar-refractivity contribution in [1.82, 2.24) is 14.9 Å². The van der Waals surface area contributed by atoms with Crippen molar-refractivity contribution in [1.29, 1.82) is 0 Å². The molecule has 1 aliphatic heterocycles. The molecule has 1 amide bonds. The van der Waals surface area contributed by atoms with Gasteiger partial charge in [-0.2, -0.15) is 0 Å². The number of aromatic nitrogens is 3. The molecule has 2 aromatic carbocycles. The van der Waals surface area contributed by atoms with Gasteiger partial charge in [0.05, 0.1) is 25.4 Å². The van der Waals surface area contributed by atoms with Crippen LogP contribution in [0.5, 0.6) is 11.5 Å². The standard InChI is InChI=1S/C22H25N5O3S/c1-4-18-24-25-22-27(18)26-19(14-10-12-15(13-11-14)30-5-2)20(31-22)21(28)23-16-8-6-7-9-17(16)29-3/h6-13,19-20,26H,4-5H2,1-3H3,(H,23,28). The Morgan fingerprint density at radius 3 is 2.65 bits per heavy atom. The quantitative estimate of drug-likeness (QED) is 0.581. The molecule has 0 bridgehead atoms. The summed E-state index contributed by atoms with van der Waals surface area (Å²) in [6.45, 7) is 4.58. The Bertz CT molecular complexity index is 1050. The fourth-order valence-electron chi connectivity index (χ4n) is 3.47. The van der Waals surface area contributed by atoms with Crippen LogP contribution < -0.4 is 20.2 Å². The number of ether oxygens (including phenoxy) is 2. The SMILES string of the molecule is CCOc1ccc(C2Nn3c(CC)nnc3SC2C(=O)Nc2ccccc2OC)cc1. The number of thioether (sulfide) groups is 1. The van der Waals surface area contributed by atoms with E-state index in [-0.39, 0.29) is 11.9 Å². The largest absolute Gasteiger partial charge is 0.495 e. The van der Waals surface area contributed by atoms with E-state index < -0.39 is 5.25 Å². The Hall–Kier alpha value is -3.20. The van der Waals surface area contributed by atoms with Crippen molar-refractivity contribution in [3.05, 3.63) is 59.9 Å². The van der Waals surface area contributed by atoms with Gasteiger partial charge in [0, 0.05) is 6.42 Å². The Morgan fingerprint density at radius 2 is 1.94 bits per heavy atom. The number of carbonyl (C=O) groups is 1. The van der Waals surface area contributed by atoms with E-state index in [1.54, 1.807) is 7.11 Å². The van der Waals surface area contributed by atoms with Gasteiger partial charge in [-0.25, -0.2) is 4.68 Å². The van der Waals surface area contributed by atoms with Gasteiger partial charge >= 0.3 is 0 Å². The van der Waals surface area contributed by atoms with Crippen molar-refractivity contribution < 1.29 is 14.3 Å². The predicted octanol–water partition coefficient (Wildman–Crippen LogP) is 3.65. The van der Waals surface area contributed by atoms with Gasteiger partial charge in [0.2, 0.25) is 11.1 Å². The molecule has 31 heavy (non-hydrogen) atoms. The van der Waals surface area contributed by atoms with Crippen LogP contribution >= 0.6 is 11.8 Å². The summed E-state index contributed by atoms with van der Waals surface area (Å²) in [5, 5.41) is 11.7. The third-order valence-corrected chi connectivity index (χ3v) is 6.21. The maximum atomic E-state index is 13.4. The molecule has 4 rings (SSSR count). The first kappa shape index (κ1) is 21.0. The highest BCUT2D eigenvalue weighted by atomic mass is 32.2. The minimum atomic E-state index is -0.468. The molecular weight excluding hydrogens is 414 g/mol. The maximum absolute atomic E-state index is 13.4. The molecule has 9 heteroatoms. The molecule has 162 valence electrons. The van der Waals surface area contributed by atoms with Crippen LogP contribution in [0.3, 0.4) is 0 Å². The normalized spacial score (nSPS) is 17.4. The van der Waals surface area contributed by atoms with Gasteiger partial charge in [-0.05, 0) is 36.8 Å². The zero-order valence-corrected chi connectivity index (χ0v) is 18.5. The van der Waals surface area contributed by atoms with Gasteiger partial charge in [0.1, 0.15) is 16.7 Å². The van der Waals surface area contributed by atoms with Crippen molar-refractivity contribution in [2.75, 3.05) is 24.5 Å². The molecular formula is C22H25N5O3S. The van der Waals surface area contributed by atoms with Crippen LogP contribution in [0.2, 0.25) is 0 Å². The summed E-state index contributed by atoms with van der Waals surface area (Å²) in [6, 6.07) is 14.9. The van der Waals surface area contributed by atoms with Crippen molar-refractivity contribution >= 4 is 23.4 Å². The molecule has 3 aromatic rings. The topological polar surface area (TPSA) is 90.3 Å². The number of nitrogens with one attached hydrogen (secondary N) is 2. The summed E-state index contributed by atoms with van der Waals surface area (Å²) >= 11 is 1.39. The van der Waals surface area contributed by atoms with Gasteiger partial charge in [-0.1, -0.05) is 43.0 Å². The molecule has 8 nitrogen and oxygen atoms in total. The number of benzene rings is 2. The van der Waals surface area contributed by atoms with Crippen molar-refractivity contribution in [3.63, 3.8) is 0 Å². The second kappa shape index (κ2) is 9.30. The number of anilines is 1. The smallest absolute Gasteiger partial charge is 0.240 e. The molecule has 1 aliphatic rings. The van der Waals surface area contributed by atoms with Gasteiger partial charge in [0.25, 0.3) is 0 Å². The molecule has 2 heterocycles. The highest BCUT2D eigenvalue weighted by molar-refractivity contribution is 8.00. The second-order valence-electron chi connectivity index (χ2n) is 6.92. The average Bonchev–Trinajstić information content (AvgIpc) is 3.21. The maximum Gasteiger partial charge on any atom is 0.240 e. The van der Waals surface area contributed by atoms with Crippen LogP contribution in [0.4, 0.5) is 5.69 Å². The second-order valence-corrected chi connectivity index (χ2v) is 8.03. The number of hydrogen-bond donors (Lipinski definition) is 2. The van der Waals surface area contributed by atoms with E-state index in [1.807, 2.05) is 67.1 Å². The first-order chi connectivity index (χ1) is 15.1. The highest BCUT2D eigenvalue weighted by Crippen LogP contribution is 2.38. The number of methoxy groups -OCH3 is 1. The zero-order chi connectivity index (χ0) is 21.8. The average molecular weight is 440 g/mol. The Kier molecular flexibility index (Phi) is 6.31. The molecule has 1 aromatic heterocycles. The van der Waals surface area contributed by atoms with Crippen LogP contribution in [0.15, 0.2) is 53.7 Å². The highest BCUT2D eigenvalue weighted by Gasteiger charge is 2.38. The minimum absolute atomic E-state index is 0.145. The summed E-state index contributed by atoms with van der Waals surface area (Å²) in [6.07, 6.45) is 0.731. The van der Waals surface area contributed by atoms with E-state index in [0.29, 0.717) is 23.2 Å². The Balaban J connectivity index is 1.66. The molecule has 0 saturated carbocycles. The number of rotatable bonds is 7. The van der Waals surface area contributed by atoms with E-state index in [9.17, 15) is 4.79 Å². The molecule has 2 atom stereocenters. The van der Waals surface area contributed by atoms with Crippen molar-refractivity contribution in [3.8, 4) is 11.5 Å². The summed E-state index contributed by atoms with van der Waals surface area (Å²) in [5.41, 5.74) is 5.04. The lowest BCUT2D eigenvalue weighted by Crippen LogP contribution is -2.41. The number of para-hydroxylation sites is 2. The minimum Gasteiger partial charge on any atom is -0.495 e. The molecule has 2 unspecified atom stereocenters. The fourth-order valence-corrected chi connectivity index (χ4v) is 4.57. The van der Waals surface area contributed by atoms with Crippen LogP contribution in [-0.2, 0) is 11.2 Å². The third kappa shape index (κ3) is 4.32. The molecule has 0 spiro atoms. The first-order valence-corrected chi connectivity index (χ1v) is 11.1. The predicted molar refractivity (Wildman–Crippen MR) is 120 cm³/mol. The van der Waals surface area contributed by atoms with Gasteiger partial charge in [-0.15, -0.1) is 10.2 Å². The Morgan fingerprint density at radius 1 is 1.16 bits per heavy atom. The molecule has 2 N–H and O–H groups in total. The number of amides is 1. The van der Waals surface area contributed by atoms with E-state index in [1.165, 1.54) is 11.8 Å². The number of carbonyl (C=O) groups excluding carboxylic acids is 1. The fraction of sp³-hybridized carbons (Fsp3) is 0.318. The van der Waals surface area contributed by atoms with E-state index in [4.69, 9.17) is 9.47 Å². The van der Waals surface area contributed by atoms with E-state index in [2.05, 4.69) is 20.9 Å². The van der Waals surface area contributed by atoms with E-state index >= 15 is 0 Å². The lowest BCUT2D eigenvalue weighted by Gasteiger charge is -2.33. The van der Waals surface area contributed by atoms with Crippen LogP contribution in [0, 0.1) is 0 Å².